The lowest BCUT2D eigenvalue weighted by Gasteiger charge is -2.14. The van der Waals surface area contributed by atoms with Gasteiger partial charge in [0.1, 0.15) is 5.75 Å². The minimum atomic E-state index is -0.0314. The number of benzene rings is 1. The van der Waals surface area contributed by atoms with Gasteiger partial charge >= 0.3 is 0 Å². The highest BCUT2D eigenvalue weighted by Gasteiger charge is 2.06. The van der Waals surface area contributed by atoms with Crippen molar-refractivity contribution in [1.82, 2.24) is 5.32 Å². The third kappa shape index (κ3) is 5.60. The van der Waals surface area contributed by atoms with Crippen LogP contribution < -0.4 is 10.1 Å². The topological polar surface area (TPSA) is 38.3 Å². The Morgan fingerprint density at radius 3 is 2.53 bits per heavy atom. The third-order valence-corrected chi connectivity index (χ3v) is 3.02. The summed E-state index contributed by atoms with van der Waals surface area (Å²) in [6, 6.07) is 7.88. The molecule has 0 aliphatic heterocycles. The molecule has 1 atom stereocenters. The zero-order valence-corrected chi connectivity index (χ0v) is 12.0. The van der Waals surface area contributed by atoms with Gasteiger partial charge in [0.15, 0.2) is 0 Å². The predicted octanol–water partition coefficient (Wildman–Crippen LogP) is 3.40. The fourth-order valence-corrected chi connectivity index (χ4v) is 1.86. The van der Waals surface area contributed by atoms with Crippen LogP contribution in [0.2, 0.25) is 0 Å². The van der Waals surface area contributed by atoms with Gasteiger partial charge in [-0.3, -0.25) is 4.79 Å². The van der Waals surface area contributed by atoms with E-state index in [4.69, 9.17) is 4.74 Å². The maximum atomic E-state index is 11.8. The molecule has 3 nitrogen and oxygen atoms in total. The van der Waals surface area contributed by atoms with Gasteiger partial charge in [0.05, 0.1) is 7.11 Å². The van der Waals surface area contributed by atoms with Gasteiger partial charge in [0.25, 0.3) is 0 Å². The van der Waals surface area contributed by atoms with E-state index in [2.05, 4.69) is 19.2 Å². The van der Waals surface area contributed by atoms with Crippen molar-refractivity contribution in [2.24, 2.45) is 0 Å². The van der Waals surface area contributed by atoms with E-state index in [9.17, 15) is 4.79 Å². The standard InChI is InChI=1S/C16H23NO2/c1-4-6-14(5-2)17-16(18)12-9-13-7-10-15(19-3)11-8-13/h7-12,14H,4-6H2,1-3H3,(H,17,18)/b12-9+. The van der Waals surface area contributed by atoms with Crippen molar-refractivity contribution in [3.8, 4) is 5.75 Å². The second kappa shape index (κ2) is 8.35. The lowest BCUT2D eigenvalue weighted by atomic mass is 10.1. The van der Waals surface area contributed by atoms with Crippen molar-refractivity contribution in [3.05, 3.63) is 35.9 Å². The molecule has 0 heterocycles. The van der Waals surface area contributed by atoms with E-state index in [0.29, 0.717) is 0 Å². The molecule has 0 spiro atoms. The van der Waals surface area contributed by atoms with Gasteiger partial charge in [0, 0.05) is 12.1 Å². The fraction of sp³-hybridized carbons (Fsp3) is 0.438. The Labute approximate surface area is 115 Å². The minimum Gasteiger partial charge on any atom is -0.497 e. The number of rotatable bonds is 7. The highest BCUT2D eigenvalue weighted by molar-refractivity contribution is 5.91. The lowest BCUT2D eigenvalue weighted by molar-refractivity contribution is -0.117. The zero-order valence-electron chi connectivity index (χ0n) is 12.0. The van der Waals surface area contributed by atoms with E-state index in [1.54, 1.807) is 13.2 Å². The summed E-state index contributed by atoms with van der Waals surface area (Å²) in [5.41, 5.74) is 0.986. The van der Waals surface area contributed by atoms with Crippen LogP contribution in [-0.4, -0.2) is 19.1 Å². The molecule has 1 amide bonds. The number of carbonyl (C=O) groups is 1. The van der Waals surface area contributed by atoms with E-state index >= 15 is 0 Å². The van der Waals surface area contributed by atoms with E-state index in [-0.39, 0.29) is 11.9 Å². The second-order valence-electron chi connectivity index (χ2n) is 4.51. The molecule has 0 radical (unpaired) electrons. The SMILES string of the molecule is CCCC(CC)NC(=O)/C=C/c1ccc(OC)cc1. The van der Waals surface area contributed by atoms with Crippen LogP contribution in [0.1, 0.15) is 38.7 Å². The smallest absolute Gasteiger partial charge is 0.244 e. The molecule has 3 heteroatoms. The number of ether oxygens (including phenoxy) is 1. The molecular weight excluding hydrogens is 238 g/mol. The monoisotopic (exact) mass is 261 g/mol. The molecular formula is C16H23NO2. The van der Waals surface area contributed by atoms with Crippen LogP contribution in [0.4, 0.5) is 0 Å². The van der Waals surface area contributed by atoms with Crippen molar-refractivity contribution in [2.45, 2.75) is 39.2 Å². The Bertz CT molecular complexity index is 409. The highest BCUT2D eigenvalue weighted by Crippen LogP contribution is 2.12. The summed E-state index contributed by atoms with van der Waals surface area (Å²) in [5, 5.41) is 3.01. The summed E-state index contributed by atoms with van der Waals surface area (Å²) in [6.07, 6.45) is 6.48. The van der Waals surface area contributed by atoms with Crippen LogP contribution >= 0.6 is 0 Å². The van der Waals surface area contributed by atoms with E-state index in [1.165, 1.54) is 0 Å². The summed E-state index contributed by atoms with van der Waals surface area (Å²) < 4.78 is 5.09. The van der Waals surface area contributed by atoms with Gasteiger partial charge in [-0.1, -0.05) is 32.4 Å². The van der Waals surface area contributed by atoms with E-state index < -0.39 is 0 Å². The molecule has 1 N–H and O–H groups in total. The number of amides is 1. The van der Waals surface area contributed by atoms with Crippen molar-refractivity contribution in [2.75, 3.05) is 7.11 Å². The van der Waals surface area contributed by atoms with E-state index in [1.807, 2.05) is 30.3 Å². The molecule has 0 saturated heterocycles. The molecule has 1 aromatic rings. The van der Waals surface area contributed by atoms with Crippen molar-refractivity contribution in [3.63, 3.8) is 0 Å². The van der Waals surface area contributed by atoms with Crippen LogP contribution in [0.5, 0.6) is 5.75 Å². The summed E-state index contributed by atoms with van der Waals surface area (Å²) in [6.45, 7) is 4.22. The maximum absolute atomic E-state index is 11.8. The highest BCUT2D eigenvalue weighted by atomic mass is 16.5. The lowest BCUT2D eigenvalue weighted by Crippen LogP contribution is -2.32. The first-order valence-corrected chi connectivity index (χ1v) is 6.82. The number of methoxy groups -OCH3 is 1. The molecule has 0 fully saturated rings. The summed E-state index contributed by atoms with van der Waals surface area (Å²) in [7, 11) is 1.64. The molecule has 1 unspecified atom stereocenters. The van der Waals surface area contributed by atoms with Crippen molar-refractivity contribution < 1.29 is 9.53 Å². The minimum absolute atomic E-state index is 0.0314. The van der Waals surface area contributed by atoms with Crippen LogP contribution in [0.3, 0.4) is 0 Å². The Morgan fingerprint density at radius 1 is 1.32 bits per heavy atom. The number of nitrogens with one attached hydrogen (secondary N) is 1. The molecule has 0 aliphatic rings. The van der Waals surface area contributed by atoms with Gasteiger partial charge in [-0.2, -0.15) is 0 Å². The summed E-state index contributed by atoms with van der Waals surface area (Å²) in [5.74, 6) is 0.784. The second-order valence-corrected chi connectivity index (χ2v) is 4.51. The number of hydrogen-bond donors (Lipinski definition) is 1. The van der Waals surface area contributed by atoms with Gasteiger partial charge in [0.2, 0.25) is 5.91 Å². The Hall–Kier alpha value is -1.77. The van der Waals surface area contributed by atoms with Gasteiger partial charge < -0.3 is 10.1 Å². The third-order valence-electron chi connectivity index (χ3n) is 3.02. The molecule has 0 aliphatic carbocycles. The molecule has 19 heavy (non-hydrogen) atoms. The fourth-order valence-electron chi connectivity index (χ4n) is 1.86. The van der Waals surface area contributed by atoms with E-state index in [0.717, 1.165) is 30.6 Å². The number of hydrogen-bond acceptors (Lipinski definition) is 2. The number of carbonyl (C=O) groups excluding carboxylic acids is 1. The molecule has 104 valence electrons. The van der Waals surface area contributed by atoms with Crippen molar-refractivity contribution >= 4 is 12.0 Å². The molecule has 0 aromatic heterocycles. The van der Waals surface area contributed by atoms with Crippen LogP contribution in [0, 0.1) is 0 Å². The van der Waals surface area contributed by atoms with Gasteiger partial charge in [-0.15, -0.1) is 0 Å². The zero-order chi connectivity index (χ0) is 14.1. The maximum Gasteiger partial charge on any atom is 0.244 e. The Balaban J connectivity index is 2.52. The average molecular weight is 261 g/mol. The molecule has 1 rings (SSSR count). The quantitative estimate of drug-likeness (QED) is 0.764. The first kappa shape index (κ1) is 15.3. The first-order valence-electron chi connectivity index (χ1n) is 6.82. The Kier molecular flexibility index (Phi) is 6.72. The van der Waals surface area contributed by atoms with Gasteiger partial charge in [-0.05, 0) is 36.6 Å². The first-order chi connectivity index (χ1) is 9.19. The molecule has 1 aromatic carbocycles. The van der Waals surface area contributed by atoms with Crippen LogP contribution in [0.15, 0.2) is 30.3 Å². The predicted molar refractivity (Wildman–Crippen MR) is 79.2 cm³/mol. The Morgan fingerprint density at radius 2 is 2.00 bits per heavy atom. The van der Waals surface area contributed by atoms with Gasteiger partial charge in [-0.25, -0.2) is 0 Å². The normalized spacial score (nSPS) is 12.4. The summed E-state index contributed by atoms with van der Waals surface area (Å²) in [4.78, 5) is 11.8. The molecule has 0 bridgehead atoms. The van der Waals surface area contributed by atoms with Crippen LogP contribution in [-0.2, 0) is 4.79 Å². The largest absolute Gasteiger partial charge is 0.497 e. The molecule has 0 saturated carbocycles. The van der Waals surface area contributed by atoms with Crippen molar-refractivity contribution in [1.29, 1.82) is 0 Å². The average Bonchev–Trinajstić information content (AvgIpc) is 2.45. The summed E-state index contributed by atoms with van der Waals surface area (Å²) >= 11 is 0. The van der Waals surface area contributed by atoms with Crippen LogP contribution in [0.25, 0.3) is 6.08 Å².